The molecule has 3 nitrogen and oxygen atoms in total. The Balaban J connectivity index is 0.00000312. The second-order valence-corrected chi connectivity index (χ2v) is 34.0. The van der Waals surface area contributed by atoms with Crippen LogP contribution in [0.4, 0.5) is 0 Å². The average Bonchev–Trinajstić information content (AvgIpc) is 2.79. The normalized spacial score (nSPS) is 19.6. The first-order valence-corrected chi connectivity index (χ1v) is 20.7. The van der Waals surface area contributed by atoms with Crippen molar-refractivity contribution in [2.45, 2.75) is 55.4 Å². The maximum atomic E-state index is 7.12. The summed E-state index contributed by atoms with van der Waals surface area (Å²) >= 11 is -4.60. The maximum Gasteiger partial charge on any atom is -0.147 e. The van der Waals surface area contributed by atoms with Crippen molar-refractivity contribution in [2.24, 2.45) is 0 Å². The van der Waals surface area contributed by atoms with Crippen molar-refractivity contribution in [3.05, 3.63) is 41.5 Å². The molecule has 0 spiro atoms. The molecule has 0 aliphatic heterocycles. The standard InChI is InChI=1S/C9H7.C4H10N.C3H9OSi.CH3O.CH3.2ClH.H2Si.Ti/c1-2-5-9-7-3-6-8(9)4-1;1-4(2,3)5;1-5(2,3)4;1-2;;;;;/h1-7H;5H,1-3H3;1-3H3;1H3;1H3;2*1H;1H2;/q;3*-1;;;;;+3. The van der Waals surface area contributed by atoms with Gasteiger partial charge in [-0.1, -0.05) is 0 Å². The van der Waals surface area contributed by atoms with Crippen LogP contribution in [0.1, 0.15) is 36.1 Å². The SMILES string of the molecule is C[O][Ti]([CH3])(=[SiH2])([NH]C(C)(C)C)([O][Si](C)(C)C)[CH]1C=Cc2ccccc21.Cl.Cl. The Morgan fingerprint density at radius 2 is 1.65 bits per heavy atom. The Morgan fingerprint density at radius 1 is 1.12 bits per heavy atom. The summed E-state index contributed by atoms with van der Waals surface area (Å²) in [4.78, 5) is 0. The summed E-state index contributed by atoms with van der Waals surface area (Å²) in [6.45, 7) is 13.4. The average molecular weight is 473 g/mol. The fourth-order valence-electron chi connectivity index (χ4n) is 4.54. The number of rotatable bonds is 5. The van der Waals surface area contributed by atoms with Gasteiger partial charge in [-0.3, -0.25) is 0 Å². The van der Waals surface area contributed by atoms with Crippen molar-refractivity contribution >= 4 is 46.8 Å². The second-order valence-electron chi connectivity index (χ2n) is 9.90. The molecule has 0 heterocycles. The first-order valence-electron chi connectivity index (χ1n) is 8.73. The minimum Gasteiger partial charge on any atom is -0.147 e. The predicted octanol–water partition coefficient (Wildman–Crippen LogP) is 5.05. The third kappa shape index (κ3) is 5.13. The molecule has 1 aliphatic rings. The van der Waals surface area contributed by atoms with E-state index in [1.165, 1.54) is 11.1 Å². The fourth-order valence-corrected chi connectivity index (χ4v) is 33.5. The molecule has 2 rings (SSSR count). The third-order valence-corrected chi connectivity index (χ3v) is 25.6. The van der Waals surface area contributed by atoms with E-state index in [-0.39, 0.29) is 34.6 Å². The van der Waals surface area contributed by atoms with Crippen molar-refractivity contribution in [3.63, 3.8) is 0 Å². The first-order chi connectivity index (χ1) is 10.6. The number of hydrogen-bond donors (Lipinski definition) is 1. The van der Waals surface area contributed by atoms with Crippen molar-refractivity contribution in [1.82, 2.24) is 3.80 Å². The van der Waals surface area contributed by atoms with E-state index in [2.05, 4.69) is 85.9 Å². The van der Waals surface area contributed by atoms with Crippen LogP contribution in [-0.2, 0) is 20.1 Å². The summed E-state index contributed by atoms with van der Waals surface area (Å²) in [6.07, 6.45) is 4.52. The quantitative estimate of drug-likeness (QED) is 0.608. The van der Waals surface area contributed by atoms with Crippen LogP contribution in [0, 0.1) is 0 Å². The Bertz CT molecular complexity index is 762. The number of benzene rings is 1. The minimum absolute atomic E-state index is 0. The molecule has 0 saturated heterocycles. The van der Waals surface area contributed by atoms with E-state index in [0.29, 0.717) is 0 Å². The molecule has 26 heavy (non-hydrogen) atoms. The molecule has 151 valence electrons. The molecular formula is C18H36Cl2NO2Si2Ti. The molecule has 0 fully saturated rings. The van der Waals surface area contributed by atoms with Crippen LogP contribution < -0.4 is 3.80 Å². The molecular weight excluding hydrogens is 437 g/mol. The van der Waals surface area contributed by atoms with Crippen LogP contribution in [0.3, 0.4) is 0 Å². The molecule has 0 aromatic heterocycles. The van der Waals surface area contributed by atoms with E-state index in [9.17, 15) is 0 Å². The van der Waals surface area contributed by atoms with E-state index < -0.39 is 22.1 Å². The second kappa shape index (κ2) is 7.43. The van der Waals surface area contributed by atoms with Crippen LogP contribution in [0.2, 0.25) is 24.9 Å². The molecule has 0 radical (unpaired) electrons. The fraction of sp³-hybridized carbons (Fsp3) is 0.556. The zero-order valence-electron chi connectivity index (χ0n) is 17.4. The number of allylic oxidation sites excluding steroid dienone is 1. The Kier molecular flexibility index (Phi) is 7.59. The van der Waals surface area contributed by atoms with Gasteiger partial charge in [0.05, 0.1) is 0 Å². The van der Waals surface area contributed by atoms with Gasteiger partial charge in [-0.15, -0.1) is 24.8 Å². The first kappa shape index (κ1) is 26.6. The number of hydrogen-bond acceptors (Lipinski definition) is 3. The summed E-state index contributed by atoms with van der Waals surface area (Å²) in [5.74, 6) is 0. The number of halogens is 2. The Labute approximate surface area is 173 Å². The van der Waals surface area contributed by atoms with Gasteiger partial charge in [0, 0.05) is 0 Å². The molecule has 8 heteroatoms. The van der Waals surface area contributed by atoms with Crippen LogP contribution in [-0.4, -0.2) is 28.6 Å². The maximum absolute atomic E-state index is 7.12. The van der Waals surface area contributed by atoms with Crippen LogP contribution in [0.15, 0.2) is 30.3 Å². The molecule has 1 aromatic carbocycles. The van der Waals surface area contributed by atoms with E-state index >= 15 is 0 Å². The van der Waals surface area contributed by atoms with Gasteiger partial charge in [0.15, 0.2) is 0 Å². The van der Waals surface area contributed by atoms with Crippen LogP contribution >= 0.6 is 24.8 Å². The van der Waals surface area contributed by atoms with E-state index in [0.717, 1.165) is 0 Å². The van der Waals surface area contributed by atoms with Crippen molar-refractivity contribution in [3.8, 4) is 0 Å². The summed E-state index contributed by atoms with van der Waals surface area (Å²) in [5.41, 5.74) is 2.48. The van der Waals surface area contributed by atoms with Gasteiger partial charge in [-0.25, -0.2) is 0 Å². The van der Waals surface area contributed by atoms with Gasteiger partial charge in [-0.05, 0) is 0 Å². The molecule has 0 saturated carbocycles. The number of fused-ring (bicyclic) bond motifs is 1. The van der Waals surface area contributed by atoms with E-state index in [1.54, 1.807) is 0 Å². The largest absolute Gasteiger partial charge is 0.147 e. The molecule has 0 bridgehead atoms. The van der Waals surface area contributed by atoms with Gasteiger partial charge in [0.1, 0.15) is 0 Å². The van der Waals surface area contributed by atoms with Gasteiger partial charge < -0.3 is 0 Å². The zero-order chi connectivity index (χ0) is 18.5. The van der Waals surface area contributed by atoms with Gasteiger partial charge >= 0.3 is 150 Å². The Hall–Kier alpha value is 0.568. The Morgan fingerprint density at radius 3 is 2.12 bits per heavy atom. The van der Waals surface area contributed by atoms with Crippen LogP contribution in [0.5, 0.6) is 0 Å². The van der Waals surface area contributed by atoms with Gasteiger partial charge in [0.2, 0.25) is 0 Å². The molecule has 1 aromatic rings. The minimum atomic E-state index is -4.60. The summed E-state index contributed by atoms with van der Waals surface area (Å²) < 4.78 is 17.8. The van der Waals surface area contributed by atoms with Crippen molar-refractivity contribution in [1.29, 1.82) is 0 Å². The molecule has 1 atom stereocenters. The zero-order valence-corrected chi connectivity index (χ0v) is 23.0. The molecule has 1 aliphatic carbocycles. The number of nitrogens with one attached hydrogen (secondary N) is 1. The van der Waals surface area contributed by atoms with Crippen LogP contribution in [0.25, 0.3) is 6.08 Å². The van der Waals surface area contributed by atoms with Gasteiger partial charge in [-0.2, -0.15) is 0 Å². The van der Waals surface area contributed by atoms with E-state index in [4.69, 9.17) is 6.33 Å². The molecule has 0 amide bonds. The summed E-state index contributed by atoms with van der Waals surface area (Å²) in [6, 6.07) is 8.60. The van der Waals surface area contributed by atoms with Crippen molar-refractivity contribution < 1.29 is 20.1 Å². The van der Waals surface area contributed by atoms with E-state index in [1.807, 2.05) is 14.7 Å². The summed E-state index contributed by atoms with van der Waals surface area (Å²) in [5, 5.41) is 2.28. The molecule has 1 N–H and O–H groups in total. The smallest absolute Gasteiger partial charge is 0.147 e. The third-order valence-electron chi connectivity index (χ3n) is 4.79. The predicted molar refractivity (Wildman–Crippen MR) is 121 cm³/mol. The summed E-state index contributed by atoms with van der Waals surface area (Å²) in [7, 11) is 1.94. The molecule has 1 unspecified atom stereocenters. The monoisotopic (exact) mass is 472 g/mol. The topological polar surface area (TPSA) is 30.5 Å². The van der Waals surface area contributed by atoms with Crippen molar-refractivity contribution in [2.75, 3.05) is 7.11 Å². The van der Waals surface area contributed by atoms with Gasteiger partial charge in [0.25, 0.3) is 0 Å².